The summed E-state index contributed by atoms with van der Waals surface area (Å²) in [6.45, 7) is 0.641. The van der Waals surface area contributed by atoms with Crippen LogP contribution in [0.5, 0.6) is 0 Å². The summed E-state index contributed by atoms with van der Waals surface area (Å²) in [4.78, 5) is 38.5. The Morgan fingerprint density at radius 3 is 2.59 bits per heavy atom. The van der Waals surface area contributed by atoms with Crippen molar-refractivity contribution < 1.29 is 19.5 Å². The highest BCUT2D eigenvalue weighted by molar-refractivity contribution is 6.07. The number of nitrogens with one attached hydrogen (secondary N) is 1. The molecule has 2 aliphatic heterocycles. The molecule has 3 rings (SSSR count). The minimum Gasteiger partial charge on any atom is -0.480 e. The summed E-state index contributed by atoms with van der Waals surface area (Å²) in [7, 11) is 1.53. The van der Waals surface area contributed by atoms with Gasteiger partial charge in [0, 0.05) is 26.6 Å². The molecule has 0 aliphatic carbocycles. The van der Waals surface area contributed by atoms with Gasteiger partial charge in [-0.2, -0.15) is 0 Å². The maximum Gasteiger partial charge on any atom is 0.324 e. The van der Waals surface area contributed by atoms with Gasteiger partial charge in [0.25, 0.3) is 5.91 Å². The average Bonchev–Trinajstić information content (AvgIpc) is 2.96. The lowest BCUT2D eigenvalue weighted by Gasteiger charge is -2.28. The number of carbonyl (C=O) groups is 3. The van der Waals surface area contributed by atoms with Gasteiger partial charge in [-0.25, -0.2) is 4.79 Å². The summed E-state index contributed by atoms with van der Waals surface area (Å²) in [6.07, 6.45) is 0.100. The Labute approximate surface area is 127 Å². The van der Waals surface area contributed by atoms with Crippen LogP contribution in [-0.4, -0.2) is 58.0 Å². The molecule has 116 valence electrons. The van der Waals surface area contributed by atoms with Gasteiger partial charge in [-0.1, -0.05) is 30.3 Å². The molecule has 1 aromatic carbocycles. The van der Waals surface area contributed by atoms with Crippen molar-refractivity contribution in [2.24, 2.45) is 0 Å². The number of carbonyl (C=O) groups excluding carboxylic acids is 2. The van der Waals surface area contributed by atoms with Gasteiger partial charge in [-0.15, -0.1) is 0 Å². The molecular formula is C15H17N3O4. The largest absolute Gasteiger partial charge is 0.480 e. The molecule has 0 aromatic heterocycles. The SMILES string of the molecule is CN1C(=O)NC(=O)C12C[C@@H](C(=O)O)N(Cc1ccccc1)C2. The quantitative estimate of drug-likeness (QED) is 0.782. The zero-order valence-corrected chi connectivity index (χ0v) is 12.2. The minimum absolute atomic E-state index is 0.100. The Morgan fingerprint density at radius 1 is 1.36 bits per heavy atom. The van der Waals surface area contributed by atoms with Crippen LogP contribution < -0.4 is 5.32 Å². The Bertz CT molecular complexity index is 633. The first-order valence-electron chi connectivity index (χ1n) is 7.04. The van der Waals surface area contributed by atoms with E-state index in [1.807, 2.05) is 30.3 Å². The van der Waals surface area contributed by atoms with E-state index >= 15 is 0 Å². The Hall–Kier alpha value is -2.41. The first kappa shape index (κ1) is 14.5. The lowest BCUT2D eigenvalue weighted by Crippen LogP contribution is -2.49. The molecule has 1 spiro atoms. The van der Waals surface area contributed by atoms with Gasteiger partial charge in [0.1, 0.15) is 11.6 Å². The van der Waals surface area contributed by atoms with Gasteiger partial charge in [-0.3, -0.25) is 19.8 Å². The molecule has 7 nitrogen and oxygen atoms in total. The molecule has 7 heteroatoms. The van der Waals surface area contributed by atoms with Gasteiger partial charge in [0.15, 0.2) is 0 Å². The van der Waals surface area contributed by atoms with Crippen molar-refractivity contribution in [1.82, 2.24) is 15.1 Å². The van der Waals surface area contributed by atoms with Crippen LogP contribution in [0.4, 0.5) is 4.79 Å². The summed E-state index contributed by atoms with van der Waals surface area (Å²) in [5, 5.41) is 11.7. The van der Waals surface area contributed by atoms with Crippen LogP contribution in [0, 0.1) is 0 Å². The van der Waals surface area contributed by atoms with Crippen molar-refractivity contribution in [3.8, 4) is 0 Å². The van der Waals surface area contributed by atoms with Crippen LogP contribution in [0.2, 0.25) is 0 Å². The van der Waals surface area contributed by atoms with E-state index in [-0.39, 0.29) is 13.0 Å². The first-order valence-corrected chi connectivity index (χ1v) is 7.04. The maximum atomic E-state index is 12.2. The molecule has 0 saturated carbocycles. The molecule has 2 saturated heterocycles. The molecule has 0 radical (unpaired) electrons. The molecule has 1 unspecified atom stereocenters. The normalized spacial score (nSPS) is 28.4. The number of rotatable bonds is 3. The van der Waals surface area contributed by atoms with E-state index in [1.54, 1.807) is 4.90 Å². The van der Waals surface area contributed by atoms with Gasteiger partial charge >= 0.3 is 12.0 Å². The molecule has 2 atom stereocenters. The fourth-order valence-electron chi connectivity index (χ4n) is 3.24. The number of urea groups is 1. The Morgan fingerprint density at radius 2 is 2.05 bits per heavy atom. The monoisotopic (exact) mass is 303 g/mol. The van der Waals surface area contributed by atoms with Crippen molar-refractivity contribution in [2.75, 3.05) is 13.6 Å². The van der Waals surface area contributed by atoms with E-state index < -0.39 is 29.5 Å². The molecule has 22 heavy (non-hydrogen) atoms. The van der Waals surface area contributed by atoms with Crippen LogP contribution in [0.3, 0.4) is 0 Å². The molecular weight excluding hydrogens is 286 g/mol. The third-order valence-electron chi connectivity index (χ3n) is 4.54. The van der Waals surface area contributed by atoms with Crippen molar-refractivity contribution in [3.05, 3.63) is 35.9 Å². The average molecular weight is 303 g/mol. The van der Waals surface area contributed by atoms with E-state index in [1.165, 1.54) is 11.9 Å². The lowest BCUT2D eigenvalue weighted by molar-refractivity contribution is -0.142. The number of likely N-dealkylation sites (N-methyl/N-ethyl adjacent to an activating group) is 1. The molecule has 2 fully saturated rings. The molecule has 1 aromatic rings. The standard InChI is InChI=1S/C15H17N3O4/c1-17-14(22)16-13(21)15(17)7-11(12(19)20)18(9-15)8-10-5-3-2-4-6-10/h2-6,11H,7-9H2,1H3,(H,19,20)(H,16,21,22)/t11-,15?/m0/s1. The summed E-state index contributed by atoms with van der Waals surface area (Å²) in [6, 6.07) is 8.21. The molecule has 2 heterocycles. The zero-order chi connectivity index (χ0) is 15.9. The van der Waals surface area contributed by atoms with E-state index in [0.29, 0.717) is 6.54 Å². The highest BCUT2D eigenvalue weighted by Gasteiger charge is 2.59. The van der Waals surface area contributed by atoms with Gasteiger partial charge in [-0.05, 0) is 5.56 Å². The number of hydrogen-bond donors (Lipinski definition) is 2. The number of nitrogens with zero attached hydrogens (tertiary/aromatic N) is 2. The van der Waals surface area contributed by atoms with E-state index in [0.717, 1.165) is 5.56 Å². The fraction of sp³-hybridized carbons (Fsp3) is 0.400. The molecule has 0 bridgehead atoms. The van der Waals surface area contributed by atoms with Crippen LogP contribution in [0.1, 0.15) is 12.0 Å². The topological polar surface area (TPSA) is 90.0 Å². The number of hydrogen-bond acceptors (Lipinski definition) is 4. The summed E-state index contributed by atoms with van der Waals surface area (Å²) >= 11 is 0. The number of carboxylic acids is 1. The van der Waals surface area contributed by atoms with Crippen LogP contribution in [0.15, 0.2) is 30.3 Å². The van der Waals surface area contributed by atoms with Crippen molar-refractivity contribution in [2.45, 2.75) is 24.5 Å². The Balaban J connectivity index is 1.89. The van der Waals surface area contributed by atoms with Gasteiger partial charge in [0.2, 0.25) is 0 Å². The van der Waals surface area contributed by atoms with Crippen molar-refractivity contribution in [3.63, 3.8) is 0 Å². The predicted molar refractivity (Wildman–Crippen MR) is 76.9 cm³/mol. The maximum absolute atomic E-state index is 12.2. The van der Waals surface area contributed by atoms with Crippen LogP contribution in [0.25, 0.3) is 0 Å². The predicted octanol–water partition coefficient (Wildman–Crippen LogP) is 0.266. The smallest absolute Gasteiger partial charge is 0.324 e. The second kappa shape index (κ2) is 5.10. The van der Waals surface area contributed by atoms with E-state index in [2.05, 4.69) is 5.32 Å². The number of benzene rings is 1. The second-order valence-corrected chi connectivity index (χ2v) is 5.80. The number of likely N-dealkylation sites (tertiary alicyclic amines) is 1. The Kier molecular flexibility index (Phi) is 3.37. The minimum atomic E-state index is -1.09. The molecule has 3 amide bonds. The zero-order valence-electron chi connectivity index (χ0n) is 12.2. The lowest BCUT2D eigenvalue weighted by atomic mass is 9.95. The van der Waals surface area contributed by atoms with Crippen molar-refractivity contribution >= 4 is 17.9 Å². The van der Waals surface area contributed by atoms with Gasteiger partial charge in [0.05, 0.1) is 0 Å². The number of aliphatic carboxylic acids is 1. The number of imide groups is 1. The number of carboxylic acid groups (broad SMARTS) is 1. The van der Waals surface area contributed by atoms with Crippen molar-refractivity contribution in [1.29, 1.82) is 0 Å². The van der Waals surface area contributed by atoms with Crippen LogP contribution in [-0.2, 0) is 16.1 Å². The fourth-order valence-corrected chi connectivity index (χ4v) is 3.24. The van der Waals surface area contributed by atoms with Gasteiger partial charge < -0.3 is 10.0 Å². The number of amides is 3. The molecule has 2 aliphatic rings. The molecule has 2 N–H and O–H groups in total. The summed E-state index contributed by atoms with van der Waals surface area (Å²) in [5.41, 5.74) is -0.118. The highest BCUT2D eigenvalue weighted by atomic mass is 16.4. The first-order chi connectivity index (χ1) is 10.4. The van der Waals surface area contributed by atoms with E-state index in [4.69, 9.17) is 0 Å². The van der Waals surface area contributed by atoms with E-state index in [9.17, 15) is 19.5 Å². The summed E-state index contributed by atoms with van der Waals surface area (Å²) in [5.74, 6) is -1.39. The van der Waals surface area contributed by atoms with Crippen LogP contribution >= 0.6 is 0 Å². The summed E-state index contributed by atoms with van der Waals surface area (Å²) < 4.78 is 0. The third-order valence-corrected chi connectivity index (χ3v) is 4.54. The highest BCUT2D eigenvalue weighted by Crippen LogP contribution is 2.36. The third kappa shape index (κ3) is 2.14. The second-order valence-electron chi connectivity index (χ2n) is 5.80.